The third-order valence-electron chi connectivity index (χ3n) is 1.12. The fraction of sp³-hybridized carbons (Fsp3) is 0. The van der Waals surface area contributed by atoms with Crippen LogP contribution in [-0.2, 0) is 0 Å². The number of halogens is 3. The van der Waals surface area contributed by atoms with Crippen molar-refractivity contribution >= 4 is 18.2 Å². The molecule has 0 spiro atoms. The normalized spacial score (nSPS) is 8.83. The summed E-state index contributed by atoms with van der Waals surface area (Å²) >= 11 is 0. The number of nitrogens with two attached hydrogens (primary N) is 1. The van der Waals surface area contributed by atoms with Gasteiger partial charge < -0.3 is 5.73 Å². The van der Waals surface area contributed by atoms with Crippen LogP contribution >= 0.6 is 12.4 Å². The Kier molecular flexibility index (Phi) is 3.56. The molecule has 0 saturated carbocycles. The topological polar surface area (TPSA) is 62.8 Å². The van der Waals surface area contributed by atoms with Crippen LogP contribution in [0, 0.1) is 17.0 Å². The molecule has 3 N–H and O–H groups in total. The van der Waals surface area contributed by atoms with Crippen LogP contribution in [0.4, 0.5) is 8.78 Å². The molecule has 0 aromatic carbocycles. The number of pyridine rings is 1. The minimum absolute atomic E-state index is 0. The lowest BCUT2D eigenvalue weighted by Gasteiger charge is -1.99. The summed E-state index contributed by atoms with van der Waals surface area (Å²) in [5, 5.41) is 6.79. The minimum Gasteiger partial charge on any atom is -0.384 e. The van der Waals surface area contributed by atoms with Gasteiger partial charge in [0, 0.05) is 0 Å². The van der Waals surface area contributed by atoms with Crippen LogP contribution in [0.15, 0.2) is 12.4 Å². The van der Waals surface area contributed by atoms with E-state index in [9.17, 15) is 8.78 Å². The highest BCUT2D eigenvalue weighted by molar-refractivity contribution is 5.95. The number of rotatable bonds is 1. The summed E-state index contributed by atoms with van der Waals surface area (Å²) < 4.78 is 25.2. The van der Waals surface area contributed by atoms with E-state index < -0.39 is 23.0 Å². The second kappa shape index (κ2) is 3.96. The number of aromatic nitrogens is 1. The molecule has 1 rings (SSSR count). The molecule has 1 aromatic heterocycles. The van der Waals surface area contributed by atoms with Crippen LogP contribution in [0.3, 0.4) is 0 Å². The molecule has 0 aliphatic rings. The van der Waals surface area contributed by atoms with E-state index in [2.05, 4.69) is 4.98 Å². The van der Waals surface area contributed by atoms with Crippen molar-refractivity contribution in [1.29, 1.82) is 5.41 Å². The molecule has 0 fully saturated rings. The van der Waals surface area contributed by atoms with Crippen molar-refractivity contribution in [3.8, 4) is 0 Å². The van der Waals surface area contributed by atoms with E-state index >= 15 is 0 Å². The average molecular weight is 194 g/mol. The quantitative estimate of drug-likeness (QED) is 0.518. The predicted octanol–water partition coefficient (Wildman–Crippen LogP) is 1.07. The summed E-state index contributed by atoms with van der Waals surface area (Å²) in [4.78, 5) is 3.22. The maximum atomic E-state index is 12.6. The lowest BCUT2D eigenvalue weighted by Crippen LogP contribution is -2.15. The second-order valence-corrected chi connectivity index (χ2v) is 1.89. The number of hydrogen-bond acceptors (Lipinski definition) is 2. The summed E-state index contributed by atoms with van der Waals surface area (Å²) in [6.45, 7) is 0. The Labute approximate surface area is 73.5 Å². The van der Waals surface area contributed by atoms with Gasteiger partial charge in [-0.15, -0.1) is 12.4 Å². The van der Waals surface area contributed by atoms with Gasteiger partial charge in [-0.25, -0.2) is 8.78 Å². The molecule has 3 nitrogen and oxygen atoms in total. The molecule has 0 aliphatic heterocycles. The van der Waals surface area contributed by atoms with Gasteiger partial charge in [0.2, 0.25) is 0 Å². The van der Waals surface area contributed by atoms with E-state index in [4.69, 9.17) is 11.1 Å². The molecule has 66 valence electrons. The van der Waals surface area contributed by atoms with E-state index in [0.29, 0.717) is 0 Å². The molecule has 0 radical (unpaired) electrons. The first-order valence-electron chi connectivity index (χ1n) is 2.76. The molecule has 0 atom stereocenters. The minimum atomic E-state index is -0.919. The predicted molar refractivity (Wildman–Crippen MR) is 42.4 cm³/mol. The third-order valence-corrected chi connectivity index (χ3v) is 1.12. The number of amidine groups is 1. The number of nitrogens with zero attached hydrogens (tertiary/aromatic N) is 1. The molecule has 0 amide bonds. The highest BCUT2D eigenvalue weighted by atomic mass is 35.5. The third kappa shape index (κ3) is 1.88. The molecule has 6 heteroatoms. The largest absolute Gasteiger partial charge is 0.384 e. The molecule has 0 unspecified atom stereocenters. The Morgan fingerprint density at radius 1 is 1.33 bits per heavy atom. The highest BCUT2D eigenvalue weighted by Gasteiger charge is 2.10. The van der Waals surface area contributed by atoms with Crippen molar-refractivity contribution in [2.45, 2.75) is 0 Å². The van der Waals surface area contributed by atoms with Gasteiger partial charge in [0.15, 0.2) is 11.6 Å². The van der Waals surface area contributed by atoms with Crippen LogP contribution in [0.25, 0.3) is 0 Å². The Hall–Kier alpha value is -1.23. The summed E-state index contributed by atoms with van der Waals surface area (Å²) in [6, 6.07) is 0. The van der Waals surface area contributed by atoms with Gasteiger partial charge in [-0.1, -0.05) is 0 Å². The van der Waals surface area contributed by atoms with E-state index in [-0.39, 0.29) is 12.4 Å². The molecular weight excluding hydrogens is 188 g/mol. The fourth-order valence-electron chi connectivity index (χ4n) is 0.669. The standard InChI is InChI=1S/C6H5F2N3.ClH/c7-3-1-11-2-4(8)5(3)6(9)10;/h1-2H,(H3,9,10);1H. The van der Waals surface area contributed by atoms with E-state index in [0.717, 1.165) is 12.4 Å². The summed E-state index contributed by atoms with van der Waals surface area (Å²) in [7, 11) is 0. The molecular formula is C6H6ClF2N3. The monoisotopic (exact) mass is 193 g/mol. The van der Waals surface area contributed by atoms with Crippen LogP contribution in [-0.4, -0.2) is 10.8 Å². The Balaban J connectivity index is 0.00000121. The van der Waals surface area contributed by atoms with Crippen LogP contribution < -0.4 is 5.73 Å². The van der Waals surface area contributed by atoms with Gasteiger partial charge in [0.25, 0.3) is 0 Å². The van der Waals surface area contributed by atoms with Crippen molar-refractivity contribution in [3.63, 3.8) is 0 Å². The molecule has 0 bridgehead atoms. The fourth-order valence-corrected chi connectivity index (χ4v) is 0.669. The smallest absolute Gasteiger partial charge is 0.155 e. The Morgan fingerprint density at radius 2 is 1.75 bits per heavy atom. The zero-order chi connectivity index (χ0) is 8.43. The summed E-state index contributed by atoms with van der Waals surface area (Å²) in [5.41, 5.74) is 4.36. The summed E-state index contributed by atoms with van der Waals surface area (Å²) in [6.07, 6.45) is 1.61. The average Bonchev–Trinajstić information content (AvgIpc) is 1.85. The van der Waals surface area contributed by atoms with Gasteiger partial charge in [-0.05, 0) is 0 Å². The SMILES string of the molecule is Cl.N=C(N)c1c(F)cncc1F. The molecule has 0 saturated heterocycles. The first kappa shape index (κ1) is 10.8. The van der Waals surface area contributed by atoms with Crippen LogP contribution in [0.2, 0.25) is 0 Å². The van der Waals surface area contributed by atoms with E-state index in [1.165, 1.54) is 0 Å². The Morgan fingerprint density at radius 3 is 2.00 bits per heavy atom. The summed E-state index contributed by atoms with van der Waals surface area (Å²) in [5.74, 6) is -2.47. The van der Waals surface area contributed by atoms with Gasteiger partial charge in [-0.2, -0.15) is 0 Å². The number of nitrogen functional groups attached to an aromatic ring is 1. The van der Waals surface area contributed by atoms with Gasteiger partial charge in [0.05, 0.1) is 18.0 Å². The first-order valence-corrected chi connectivity index (χ1v) is 2.76. The van der Waals surface area contributed by atoms with Crippen molar-refractivity contribution in [2.24, 2.45) is 5.73 Å². The molecule has 12 heavy (non-hydrogen) atoms. The van der Waals surface area contributed by atoms with Crippen LogP contribution in [0.1, 0.15) is 5.56 Å². The van der Waals surface area contributed by atoms with E-state index in [1.54, 1.807) is 0 Å². The molecule has 1 aromatic rings. The van der Waals surface area contributed by atoms with E-state index in [1.807, 2.05) is 0 Å². The number of hydrogen-bond donors (Lipinski definition) is 2. The van der Waals surface area contributed by atoms with Gasteiger partial charge >= 0.3 is 0 Å². The lowest BCUT2D eigenvalue weighted by molar-refractivity contribution is 0.568. The van der Waals surface area contributed by atoms with Crippen molar-refractivity contribution < 1.29 is 8.78 Å². The van der Waals surface area contributed by atoms with Crippen LogP contribution in [0.5, 0.6) is 0 Å². The van der Waals surface area contributed by atoms with Crippen molar-refractivity contribution in [2.75, 3.05) is 0 Å². The maximum Gasteiger partial charge on any atom is 0.155 e. The zero-order valence-electron chi connectivity index (χ0n) is 5.84. The highest BCUT2D eigenvalue weighted by Crippen LogP contribution is 2.08. The number of nitrogens with one attached hydrogen (secondary N) is 1. The lowest BCUT2D eigenvalue weighted by atomic mass is 10.2. The zero-order valence-corrected chi connectivity index (χ0v) is 6.66. The maximum absolute atomic E-state index is 12.6. The molecule has 0 aliphatic carbocycles. The first-order chi connectivity index (χ1) is 5.13. The van der Waals surface area contributed by atoms with Gasteiger partial charge in [0.1, 0.15) is 5.84 Å². The Bertz CT molecular complexity index is 283. The second-order valence-electron chi connectivity index (χ2n) is 1.89. The molecule has 1 heterocycles. The van der Waals surface area contributed by atoms with Crippen molar-refractivity contribution in [3.05, 3.63) is 29.6 Å². The van der Waals surface area contributed by atoms with Crippen molar-refractivity contribution in [1.82, 2.24) is 4.98 Å². The van der Waals surface area contributed by atoms with Gasteiger partial charge in [-0.3, -0.25) is 10.4 Å².